The molecule has 0 aliphatic carbocycles. The number of unbranched alkanes of at least 4 members (excludes halogenated alkanes) is 8. The van der Waals surface area contributed by atoms with E-state index in [4.69, 9.17) is 4.74 Å². The van der Waals surface area contributed by atoms with Gasteiger partial charge in [-0.05, 0) is 32.8 Å². The molecule has 0 radical (unpaired) electrons. The molecule has 0 spiro atoms. The molecule has 0 bridgehead atoms. The van der Waals surface area contributed by atoms with Gasteiger partial charge in [0, 0.05) is 6.42 Å². The first-order chi connectivity index (χ1) is 13.4. The minimum Gasteiger partial charge on any atom is -0.459 e. The molecule has 1 rings (SSSR count). The Kier molecular flexibility index (Phi) is 11.5. The highest BCUT2D eigenvalue weighted by Gasteiger charge is 2.22. The largest absolute Gasteiger partial charge is 0.459 e. The van der Waals surface area contributed by atoms with E-state index in [1.807, 2.05) is 0 Å². The molecule has 0 aliphatic heterocycles. The Morgan fingerprint density at radius 2 is 1.64 bits per heavy atom. The maximum absolute atomic E-state index is 12.2. The molecule has 1 amide bonds. The normalized spacial score (nSPS) is 10.7. The van der Waals surface area contributed by atoms with Crippen LogP contribution in [0.1, 0.15) is 106 Å². The summed E-state index contributed by atoms with van der Waals surface area (Å²) in [6.07, 6.45) is 11.0. The van der Waals surface area contributed by atoms with Crippen molar-refractivity contribution < 1.29 is 14.3 Å². The van der Waals surface area contributed by atoms with Crippen LogP contribution in [-0.2, 0) is 9.53 Å². The fourth-order valence-electron chi connectivity index (χ4n) is 2.98. The molecule has 0 atom stereocenters. The standard InChI is InChI=1S/C22H34N2O3S/c1-5-6-7-8-9-10-11-12-13-14-19(25)24-21-18(15-23)17(4)20(28-21)22(26)27-16(2)3/h16H,5-14H2,1-4H3,(H,24,25). The Morgan fingerprint density at radius 3 is 2.18 bits per heavy atom. The molecule has 5 nitrogen and oxygen atoms in total. The van der Waals surface area contributed by atoms with Gasteiger partial charge in [0.05, 0.1) is 11.7 Å². The number of nitriles is 1. The molecule has 1 aromatic heterocycles. The second kappa shape index (κ2) is 13.3. The topological polar surface area (TPSA) is 79.2 Å². The maximum Gasteiger partial charge on any atom is 0.348 e. The van der Waals surface area contributed by atoms with Gasteiger partial charge in [0.25, 0.3) is 0 Å². The summed E-state index contributed by atoms with van der Waals surface area (Å²) >= 11 is 1.12. The first-order valence-electron chi connectivity index (χ1n) is 10.4. The highest BCUT2D eigenvalue weighted by atomic mass is 32.1. The summed E-state index contributed by atoms with van der Waals surface area (Å²) in [6.45, 7) is 7.49. The van der Waals surface area contributed by atoms with Crippen molar-refractivity contribution in [3.8, 4) is 6.07 Å². The van der Waals surface area contributed by atoms with Crippen molar-refractivity contribution in [1.82, 2.24) is 0 Å². The number of nitrogens with zero attached hydrogens (tertiary/aromatic N) is 1. The number of ether oxygens (including phenoxy) is 1. The zero-order chi connectivity index (χ0) is 20.9. The molecule has 0 aliphatic rings. The van der Waals surface area contributed by atoms with Gasteiger partial charge >= 0.3 is 5.97 Å². The smallest absolute Gasteiger partial charge is 0.348 e. The Hall–Kier alpha value is -1.87. The summed E-state index contributed by atoms with van der Waals surface area (Å²) in [6, 6.07) is 2.09. The second-order valence-electron chi connectivity index (χ2n) is 7.45. The average Bonchev–Trinajstić information content (AvgIpc) is 2.95. The van der Waals surface area contributed by atoms with Crippen LogP contribution < -0.4 is 5.32 Å². The Morgan fingerprint density at radius 1 is 1.07 bits per heavy atom. The van der Waals surface area contributed by atoms with E-state index in [0.717, 1.165) is 30.6 Å². The number of hydrogen-bond acceptors (Lipinski definition) is 5. The van der Waals surface area contributed by atoms with E-state index < -0.39 is 5.97 Å². The zero-order valence-corrected chi connectivity index (χ0v) is 18.5. The lowest BCUT2D eigenvalue weighted by atomic mass is 10.1. The second-order valence-corrected chi connectivity index (χ2v) is 8.47. The van der Waals surface area contributed by atoms with Crippen LogP contribution in [0.5, 0.6) is 0 Å². The van der Waals surface area contributed by atoms with E-state index in [9.17, 15) is 14.9 Å². The quantitative estimate of drug-likeness (QED) is 0.306. The molecule has 28 heavy (non-hydrogen) atoms. The van der Waals surface area contributed by atoms with Crippen LogP contribution in [0.25, 0.3) is 0 Å². The molecule has 1 aromatic rings. The molecular formula is C22H34N2O3S. The van der Waals surface area contributed by atoms with Crippen LogP contribution in [0, 0.1) is 18.3 Å². The van der Waals surface area contributed by atoms with Gasteiger partial charge in [-0.2, -0.15) is 5.26 Å². The Balaban J connectivity index is 2.43. The van der Waals surface area contributed by atoms with Crippen LogP contribution in [0.4, 0.5) is 5.00 Å². The summed E-state index contributed by atoms with van der Waals surface area (Å²) < 4.78 is 5.22. The highest BCUT2D eigenvalue weighted by molar-refractivity contribution is 7.18. The molecule has 0 unspecified atom stereocenters. The van der Waals surface area contributed by atoms with Crippen molar-refractivity contribution in [3.05, 3.63) is 16.0 Å². The zero-order valence-electron chi connectivity index (χ0n) is 17.7. The molecule has 0 saturated carbocycles. The lowest BCUT2D eigenvalue weighted by Crippen LogP contribution is -2.11. The number of thiophene rings is 1. The number of amides is 1. The van der Waals surface area contributed by atoms with E-state index in [1.54, 1.807) is 20.8 Å². The fourth-order valence-corrected chi connectivity index (χ4v) is 4.04. The predicted octanol–water partition coefficient (Wildman–Crippen LogP) is 6.35. The summed E-state index contributed by atoms with van der Waals surface area (Å²) in [7, 11) is 0. The van der Waals surface area contributed by atoms with Gasteiger partial charge in [0.15, 0.2) is 0 Å². The third-order valence-corrected chi connectivity index (χ3v) is 5.73. The first-order valence-corrected chi connectivity index (χ1v) is 11.3. The van der Waals surface area contributed by atoms with Crippen LogP contribution >= 0.6 is 11.3 Å². The Labute approximate surface area is 173 Å². The molecule has 1 heterocycles. The van der Waals surface area contributed by atoms with Crippen LogP contribution in [0.2, 0.25) is 0 Å². The summed E-state index contributed by atoms with van der Waals surface area (Å²) in [5, 5.41) is 12.6. The lowest BCUT2D eigenvalue weighted by Gasteiger charge is -2.06. The SMILES string of the molecule is CCCCCCCCCCCC(=O)Nc1sc(C(=O)OC(C)C)c(C)c1C#N. The minimum absolute atomic E-state index is 0.107. The summed E-state index contributed by atoms with van der Waals surface area (Å²) in [5.74, 6) is -0.557. The van der Waals surface area contributed by atoms with Gasteiger partial charge in [-0.3, -0.25) is 4.79 Å². The Bertz CT molecular complexity index is 674. The third-order valence-electron chi connectivity index (χ3n) is 4.55. The molecule has 0 saturated heterocycles. The van der Waals surface area contributed by atoms with Gasteiger partial charge in [-0.25, -0.2) is 4.79 Å². The molecule has 6 heteroatoms. The van der Waals surface area contributed by atoms with Gasteiger partial charge in [-0.15, -0.1) is 11.3 Å². The van der Waals surface area contributed by atoms with Crippen molar-refractivity contribution in [1.29, 1.82) is 5.26 Å². The van der Waals surface area contributed by atoms with Crippen LogP contribution in [-0.4, -0.2) is 18.0 Å². The van der Waals surface area contributed by atoms with E-state index in [-0.39, 0.29) is 12.0 Å². The number of nitrogens with one attached hydrogen (secondary N) is 1. The number of carbonyl (C=O) groups is 2. The van der Waals surface area contributed by atoms with Crippen LogP contribution in [0.3, 0.4) is 0 Å². The molecule has 1 N–H and O–H groups in total. The number of hydrogen-bond donors (Lipinski definition) is 1. The van der Waals surface area contributed by atoms with Gasteiger partial charge in [0.1, 0.15) is 15.9 Å². The maximum atomic E-state index is 12.2. The van der Waals surface area contributed by atoms with Gasteiger partial charge in [0.2, 0.25) is 5.91 Å². The number of rotatable bonds is 13. The highest BCUT2D eigenvalue weighted by Crippen LogP contribution is 2.33. The van der Waals surface area contributed by atoms with E-state index in [1.165, 1.54) is 38.5 Å². The molecule has 156 valence electrons. The van der Waals surface area contributed by atoms with Crippen LogP contribution in [0.15, 0.2) is 0 Å². The minimum atomic E-state index is -0.451. The predicted molar refractivity (Wildman–Crippen MR) is 115 cm³/mol. The molecule has 0 aromatic carbocycles. The number of anilines is 1. The fraction of sp³-hybridized carbons (Fsp3) is 0.682. The monoisotopic (exact) mass is 406 g/mol. The first kappa shape index (κ1) is 24.2. The average molecular weight is 407 g/mol. The summed E-state index contributed by atoms with van der Waals surface area (Å²) in [5.41, 5.74) is 0.914. The summed E-state index contributed by atoms with van der Waals surface area (Å²) in [4.78, 5) is 24.8. The number of esters is 1. The molecular weight excluding hydrogens is 372 g/mol. The van der Waals surface area contributed by atoms with E-state index in [2.05, 4.69) is 18.3 Å². The van der Waals surface area contributed by atoms with E-state index in [0.29, 0.717) is 27.4 Å². The van der Waals surface area contributed by atoms with Gasteiger partial charge in [-0.1, -0.05) is 58.3 Å². The van der Waals surface area contributed by atoms with Crippen molar-refractivity contribution in [2.75, 3.05) is 5.32 Å². The van der Waals surface area contributed by atoms with Crippen molar-refractivity contribution in [3.63, 3.8) is 0 Å². The third kappa shape index (κ3) is 8.43. The van der Waals surface area contributed by atoms with Crippen molar-refractivity contribution in [2.24, 2.45) is 0 Å². The van der Waals surface area contributed by atoms with Gasteiger partial charge < -0.3 is 10.1 Å². The molecule has 0 fully saturated rings. The van der Waals surface area contributed by atoms with Crippen molar-refractivity contribution in [2.45, 2.75) is 98.0 Å². The number of carbonyl (C=O) groups excluding carboxylic acids is 2. The van der Waals surface area contributed by atoms with E-state index >= 15 is 0 Å². The lowest BCUT2D eigenvalue weighted by molar-refractivity contribution is -0.116. The van der Waals surface area contributed by atoms with Crippen molar-refractivity contribution >= 4 is 28.2 Å².